The number of aromatic nitrogens is 2. The van der Waals surface area contributed by atoms with E-state index in [0.29, 0.717) is 16.2 Å². The quantitative estimate of drug-likeness (QED) is 0.786. The molecule has 1 aliphatic carbocycles. The highest BCUT2D eigenvalue weighted by Gasteiger charge is 2.33. The fourth-order valence-electron chi connectivity index (χ4n) is 2.78. The fourth-order valence-corrected chi connectivity index (χ4v) is 3.16. The van der Waals surface area contributed by atoms with Crippen molar-refractivity contribution in [2.24, 2.45) is 5.92 Å². The number of nitrogens with one attached hydrogen (secondary N) is 1. The van der Waals surface area contributed by atoms with Crippen molar-refractivity contribution in [2.75, 3.05) is 5.01 Å². The molecule has 1 aromatic heterocycles. The Morgan fingerprint density at radius 1 is 1.50 bits per heavy atom. The van der Waals surface area contributed by atoms with Gasteiger partial charge in [-0.15, -0.1) is 0 Å². The van der Waals surface area contributed by atoms with Crippen molar-refractivity contribution in [3.05, 3.63) is 16.5 Å². The number of carbonyl (C=O) groups excluding carboxylic acids is 1. The van der Waals surface area contributed by atoms with Crippen molar-refractivity contribution in [1.29, 1.82) is 5.26 Å². The molecular formula is C16H22BrN5O2. The minimum absolute atomic E-state index is 0.0508. The molecule has 0 aliphatic heterocycles. The summed E-state index contributed by atoms with van der Waals surface area (Å²) in [4.78, 5) is 20.5. The van der Waals surface area contributed by atoms with Crippen molar-refractivity contribution in [2.45, 2.75) is 58.6 Å². The summed E-state index contributed by atoms with van der Waals surface area (Å²) in [6.45, 7) is 7.57. The molecule has 0 unspecified atom stereocenters. The lowest BCUT2D eigenvalue weighted by Crippen LogP contribution is -2.52. The number of rotatable bonds is 3. The van der Waals surface area contributed by atoms with Gasteiger partial charge in [0, 0.05) is 6.20 Å². The Kier molecular flexibility index (Phi) is 5.65. The fraction of sp³-hybridized carbons (Fsp3) is 0.625. The van der Waals surface area contributed by atoms with E-state index < -0.39 is 11.7 Å². The van der Waals surface area contributed by atoms with E-state index in [-0.39, 0.29) is 11.9 Å². The Labute approximate surface area is 150 Å². The van der Waals surface area contributed by atoms with Gasteiger partial charge in [0.2, 0.25) is 5.82 Å². The molecule has 1 fully saturated rings. The lowest BCUT2D eigenvalue weighted by Gasteiger charge is -2.34. The number of hydrogen-bond acceptors (Lipinski definition) is 6. The van der Waals surface area contributed by atoms with Crippen molar-refractivity contribution >= 4 is 27.8 Å². The van der Waals surface area contributed by atoms with E-state index in [1.54, 1.807) is 5.01 Å². The molecule has 130 valence electrons. The number of anilines is 1. The van der Waals surface area contributed by atoms with Gasteiger partial charge < -0.3 is 4.74 Å². The van der Waals surface area contributed by atoms with E-state index >= 15 is 0 Å². The molecule has 1 N–H and O–H groups in total. The molecule has 2 rings (SSSR count). The first kappa shape index (κ1) is 18.5. The van der Waals surface area contributed by atoms with Crippen LogP contribution in [-0.4, -0.2) is 27.7 Å². The second-order valence-corrected chi connectivity index (χ2v) is 7.79. The van der Waals surface area contributed by atoms with Crippen LogP contribution >= 0.6 is 15.9 Å². The summed E-state index contributed by atoms with van der Waals surface area (Å²) in [5.41, 5.74) is 2.20. The minimum Gasteiger partial charge on any atom is -0.443 e. The summed E-state index contributed by atoms with van der Waals surface area (Å²) in [6, 6.07) is 2.01. The van der Waals surface area contributed by atoms with Crippen LogP contribution in [0, 0.1) is 17.2 Å². The van der Waals surface area contributed by atoms with Gasteiger partial charge in [-0.1, -0.05) is 13.3 Å². The standard InChI is InChI=1S/C16H22BrN5O2/c1-10-6-5-7-12(10)22(21-15(23)24-16(2,3)4)14-11(17)9-19-13(8-18)20-14/h9-10,12H,5-7H2,1-4H3,(H,21,23)/t10-,12+/m1/s1. The first-order valence-corrected chi connectivity index (χ1v) is 8.72. The third kappa shape index (κ3) is 4.57. The Hall–Kier alpha value is -1.88. The summed E-state index contributed by atoms with van der Waals surface area (Å²) >= 11 is 3.41. The molecule has 1 aromatic rings. The third-order valence-corrected chi connectivity index (χ3v) is 4.37. The average Bonchev–Trinajstić information content (AvgIpc) is 2.90. The molecule has 1 saturated carbocycles. The highest BCUT2D eigenvalue weighted by molar-refractivity contribution is 9.10. The minimum atomic E-state index is -0.599. The van der Waals surface area contributed by atoms with Gasteiger partial charge in [0.1, 0.15) is 11.7 Å². The van der Waals surface area contributed by atoms with Crippen LogP contribution in [0.3, 0.4) is 0 Å². The molecule has 1 amide bonds. The number of carbonyl (C=O) groups is 1. The molecule has 0 bridgehead atoms. The van der Waals surface area contributed by atoms with E-state index in [1.165, 1.54) is 6.20 Å². The molecule has 0 spiro atoms. The summed E-state index contributed by atoms with van der Waals surface area (Å²) < 4.78 is 5.97. The Morgan fingerprint density at radius 2 is 2.21 bits per heavy atom. The van der Waals surface area contributed by atoms with E-state index in [4.69, 9.17) is 10.00 Å². The number of ether oxygens (including phenoxy) is 1. The molecule has 8 heteroatoms. The first-order chi connectivity index (χ1) is 11.2. The number of nitriles is 1. The van der Waals surface area contributed by atoms with Gasteiger partial charge in [-0.3, -0.25) is 5.01 Å². The molecule has 7 nitrogen and oxygen atoms in total. The maximum absolute atomic E-state index is 12.3. The number of nitrogens with zero attached hydrogens (tertiary/aromatic N) is 4. The van der Waals surface area contributed by atoms with Crippen molar-refractivity contribution in [3.8, 4) is 6.07 Å². The van der Waals surface area contributed by atoms with Crippen LogP contribution in [0.4, 0.5) is 10.6 Å². The van der Waals surface area contributed by atoms with E-state index in [9.17, 15) is 4.79 Å². The Balaban J connectivity index is 2.33. The monoisotopic (exact) mass is 395 g/mol. The third-order valence-electron chi connectivity index (χ3n) is 3.81. The zero-order valence-electron chi connectivity index (χ0n) is 14.3. The lowest BCUT2D eigenvalue weighted by molar-refractivity contribution is 0.0511. The largest absolute Gasteiger partial charge is 0.443 e. The highest BCUT2D eigenvalue weighted by Crippen LogP contribution is 2.33. The maximum atomic E-state index is 12.3. The van der Waals surface area contributed by atoms with Gasteiger partial charge in [0.05, 0.1) is 10.5 Å². The predicted molar refractivity (Wildman–Crippen MR) is 93.1 cm³/mol. The summed E-state index contributed by atoms with van der Waals surface area (Å²) in [5, 5.41) is 10.8. The first-order valence-electron chi connectivity index (χ1n) is 7.93. The van der Waals surface area contributed by atoms with E-state index in [1.807, 2.05) is 26.8 Å². The predicted octanol–water partition coefficient (Wildman–Crippen LogP) is 3.55. The van der Waals surface area contributed by atoms with Crippen LogP contribution in [0.15, 0.2) is 10.7 Å². The summed E-state index contributed by atoms with van der Waals surface area (Å²) in [7, 11) is 0. The molecule has 2 atom stereocenters. The molecule has 24 heavy (non-hydrogen) atoms. The normalized spacial score (nSPS) is 20.3. The Morgan fingerprint density at radius 3 is 2.75 bits per heavy atom. The summed E-state index contributed by atoms with van der Waals surface area (Å²) in [6.07, 6.45) is 4.04. The molecule has 0 radical (unpaired) electrons. The number of amides is 1. The van der Waals surface area contributed by atoms with Crippen LogP contribution < -0.4 is 10.4 Å². The number of hydrazine groups is 1. The van der Waals surface area contributed by atoms with Crippen LogP contribution in [0.5, 0.6) is 0 Å². The second kappa shape index (κ2) is 7.34. The molecule has 1 heterocycles. The van der Waals surface area contributed by atoms with Crippen molar-refractivity contribution in [3.63, 3.8) is 0 Å². The van der Waals surface area contributed by atoms with Gasteiger partial charge in [0.15, 0.2) is 5.82 Å². The van der Waals surface area contributed by atoms with Gasteiger partial charge in [0.25, 0.3) is 0 Å². The Bertz CT molecular complexity index is 653. The maximum Gasteiger partial charge on any atom is 0.426 e. The zero-order chi connectivity index (χ0) is 17.9. The number of hydrogen-bond donors (Lipinski definition) is 1. The molecule has 1 aliphatic rings. The van der Waals surface area contributed by atoms with Crippen LogP contribution in [-0.2, 0) is 4.74 Å². The highest BCUT2D eigenvalue weighted by atomic mass is 79.9. The smallest absolute Gasteiger partial charge is 0.426 e. The average molecular weight is 396 g/mol. The van der Waals surface area contributed by atoms with Gasteiger partial charge in [-0.25, -0.2) is 15.2 Å². The van der Waals surface area contributed by atoms with Crippen LogP contribution in [0.25, 0.3) is 0 Å². The van der Waals surface area contributed by atoms with Crippen LogP contribution in [0.2, 0.25) is 0 Å². The van der Waals surface area contributed by atoms with Gasteiger partial charge in [-0.2, -0.15) is 10.2 Å². The molecule has 0 aromatic carbocycles. The van der Waals surface area contributed by atoms with E-state index in [2.05, 4.69) is 38.2 Å². The lowest BCUT2D eigenvalue weighted by atomic mass is 10.1. The molecular weight excluding hydrogens is 374 g/mol. The van der Waals surface area contributed by atoms with E-state index in [0.717, 1.165) is 19.3 Å². The zero-order valence-corrected chi connectivity index (χ0v) is 15.9. The van der Waals surface area contributed by atoms with Crippen LogP contribution in [0.1, 0.15) is 52.8 Å². The second-order valence-electron chi connectivity index (χ2n) is 6.94. The summed E-state index contributed by atoms with van der Waals surface area (Å²) in [5.74, 6) is 0.897. The topological polar surface area (TPSA) is 91.1 Å². The van der Waals surface area contributed by atoms with Gasteiger partial charge in [-0.05, 0) is 55.5 Å². The van der Waals surface area contributed by atoms with Crippen molar-refractivity contribution < 1.29 is 9.53 Å². The van der Waals surface area contributed by atoms with Gasteiger partial charge >= 0.3 is 6.09 Å². The van der Waals surface area contributed by atoms with Crippen molar-refractivity contribution in [1.82, 2.24) is 15.4 Å². The number of halogens is 1. The SMILES string of the molecule is C[C@@H]1CCC[C@@H]1N(NC(=O)OC(C)(C)C)c1nc(C#N)ncc1Br. The molecule has 0 saturated heterocycles.